The van der Waals surface area contributed by atoms with E-state index in [4.69, 9.17) is 11.6 Å². The molecule has 1 aromatic carbocycles. The van der Waals surface area contributed by atoms with Crippen LogP contribution in [-0.2, 0) is 6.54 Å². The van der Waals surface area contributed by atoms with Crippen LogP contribution in [0.3, 0.4) is 0 Å². The molecule has 1 rings (SSSR count). The lowest BCUT2D eigenvalue weighted by Gasteiger charge is -2.05. The van der Waals surface area contributed by atoms with Crippen molar-refractivity contribution in [1.82, 2.24) is 5.32 Å². The molecular formula is C10H12ClFN2O2. The number of halogens is 2. The molecule has 16 heavy (non-hydrogen) atoms. The monoisotopic (exact) mass is 246 g/mol. The van der Waals surface area contributed by atoms with Gasteiger partial charge in [0, 0.05) is 23.7 Å². The lowest BCUT2D eigenvalue weighted by atomic mass is 10.2. The van der Waals surface area contributed by atoms with E-state index in [0.717, 1.165) is 0 Å². The van der Waals surface area contributed by atoms with E-state index in [1.165, 1.54) is 18.2 Å². The van der Waals surface area contributed by atoms with Crippen molar-refractivity contribution >= 4 is 17.3 Å². The van der Waals surface area contributed by atoms with Crippen LogP contribution in [0.1, 0.15) is 12.0 Å². The lowest BCUT2D eigenvalue weighted by molar-refractivity contribution is -0.384. The van der Waals surface area contributed by atoms with Gasteiger partial charge < -0.3 is 5.32 Å². The van der Waals surface area contributed by atoms with E-state index in [1.807, 2.05) is 0 Å². The van der Waals surface area contributed by atoms with Gasteiger partial charge in [0.05, 0.1) is 11.6 Å². The summed E-state index contributed by atoms with van der Waals surface area (Å²) in [4.78, 5) is 10.1. The molecule has 1 aromatic rings. The van der Waals surface area contributed by atoms with Gasteiger partial charge in [-0.1, -0.05) is 11.6 Å². The van der Waals surface area contributed by atoms with E-state index in [0.29, 0.717) is 30.1 Å². The maximum Gasteiger partial charge on any atom is 0.269 e. The fourth-order valence-corrected chi connectivity index (χ4v) is 1.41. The van der Waals surface area contributed by atoms with Gasteiger partial charge in [-0.3, -0.25) is 14.5 Å². The summed E-state index contributed by atoms with van der Waals surface area (Å²) in [5.41, 5.74) is 0.654. The van der Waals surface area contributed by atoms with Crippen LogP contribution in [0.2, 0.25) is 5.02 Å². The highest BCUT2D eigenvalue weighted by Crippen LogP contribution is 2.21. The first-order chi connectivity index (χ1) is 7.65. The van der Waals surface area contributed by atoms with Crippen LogP contribution in [0.4, 0.5) is 10.1 Å². The van der Waals surface area contributed by atoms with Crippen molar-refractivity contribution in [2.75, 3.05) is 13.2 Å². The van der Waals surface area contributed by atoms with Gasteiger partial charge in [0.15, 0.2) is 0 Å². The highest BCUT2D eigenvalue weighted by molar-refractivity contribution is 6.31. The second kappa shape index (κ2) is 6.40. The van der Waals surface area contributed by atoms with Crippen molar-refractivity contribution in [3.8, 4) is 0 Å². The van der Waals surface area contributed by atoms with Crippen LogP contribution in [0.15, 0.2) is 18.2 Å². The van der Waals surface area contributed by atoms with Crippen LogP contribution in [0, 0.1) is 10.1 Å². The van der Waals surface area contributed by atoms with Crippen molar-refractivity contribution in [3.05, 3.63) is 38.9 Å². The number of nitrogens with one attached hydrogen (secondary N) is 1. The zero-order valence-corrected chi connectivity index (χ0v) is 9.34. The Bertz CT molecular complexity index is 374. The Morgan fingerprint density at radius 2 is 2.25 bits per heavy atom. The van der Waals surface area contributed by atoms with E-state index < -0.39 is 4.92 Å². The number of rotatable bonds is 6. The highest BCUT2D eigenvalue weighted by Gasteiger charge is 2.08. The second-order valence-corrected chi connectivity index (χ2v) is 3.66. The summed E-state index contributed by atoms with van der Waals surface area (Å²) < 4.78 is 11.8. The number of nitro groups is 1. The molecule has 0 spiro atoms. The third-order valence-corrected chi connectivity index (χ3v) is 2.41. The number of hydrogen-bond donors (Lipinski definition) is 1. The zero-order chi connectivity index (χ0) is 12.0. The number of hydrogen-bond acceptors (Lipinski definition) is 3. The van der Waals surface area contributed by atoms with Crippen molar-refractivity contribution in [2.45, 2.75) is 13.0 Å². The first kappa shape index (κ1) is 12.9. The third-order valence-electron chi connectivity index (χ3n) is 2.04. The van der Waals surface area contributed by atoms with Gasteiger partial charge >= 0.3 is 0 Å². The molecule has 0 saturated heterocycles. The predicted molar refractivity (Wildman–Crippen MR) is 60.4 cm³/mol. The molecule has 0 radical (unpaired) electrons. The summed E-state index contributed by atoms with van der Waals surface area (Å²) in [5.74, 6) is 0. The molecule has 0 aliphatic heterocycles. The summed E-state index contributed by atoms with van der Waals surface area (Å²) in [6.07, 6.45) is 0.423. The van der Waals surface area contributed by atoms with Gasteiger partial charge in [0.1, 0.15) is 0 Å². The summed E-state index contributed by atoms with van der Waals surface area (Å²) in [7, 11) is 0. The number of non-ortho nitro benzene ring substituents is 1. The molecular weight excluding hydrogens is 235 g/mol. The van der Waals surface area contributed by atoms with Crippen LogP contribution in [0.5, 0.6) is 0 Å². The molecule has 0 aromatic heterocycles. The minimum absolute atomic E-state index is 0.00620. The smallest absolute Gasteiger partial charge is 0.269 e. The van der Waals surface area contributed by atoms with Gasteiger partial charge in [-0.2, -0.15) is 0 Å². The van der Waals surface area contributed by atoms with Gasteiger partial charge in [0.25, 0.3) is 5.69 Å². The fourth-order valence-electron chi connectivity index (χ4n) is 1.23. The fraction of sp³-hybridized carbons (Fsp3) is 0.400. The molecule has 0 fully saturated rings. The highest BCUT2D eigenvalue weighted by atomic mass is 35.5. The summed E-state index contributed by atoms with van der Waals surface area (Å²) in [6.45, 7) is 0.547. The summed E-state index contributed by atoms with van der Waals surface area (Å²) in [5, 5.41) is 14.0. The molecule has 0 aliphatic carbocycles. The average Bonchev–Trinajstić information content (AvgIpc) is 2.26. The quantitative estimate of drug-likeness (QED) is 0.477. The summed E-state index contributed by atoms with van der Waals surface area (Å²) >= 11 is 5.88. The SMILES string of the molecule is O=[N+]([O-])c1ccc(Cl)c(CNCCCF)c1. The van der Waals surface area contributed by atoms with Crippen LogP contribution in [0.25, 0.3) is 0 Å². The van der Waals surface area contributed by atoms with Gasteiger partial charge in [-0.15, -0.1) is 0 Å². The Labute approximate surface area is 97.6 Å². The number of nitro benzene ring substituents is 1. The van der Waals surface area contributed by atoms with Crippen LogP contribution < -0.4 is 5.32 Å². The molecule has 6 heteroatoms. The molecule has 1 N–H and O–H groups in total. The normalized spacial score (nSPS) is 10.4. The Morgan fingerprint density at radius 3 is 2.88 bits per heavy atom. The maximum absolute atomic E-state index is 11.8. The van der Waals surface area contributed by atoms with Crippen molar-refractivity contribution in [2.24, 2.45) is 0 Å². The first-order valence-electron chi connectivity index (χ1n) is 4.84. The second-order valence-electron chi connectivity index (χ2n) is 3.25. The molecule has 0 atom stereocenters. The molecule has 0 amide bonds. The Morgan fingerprint density at radius 1 is 1.50 bits per heavy atom. The van der Waals surface area contributed by atoms with Crippen molar-refractivity contribution < 1.29 is 9.31 Å². The van der Waals surface area contributed by atoms with Crippen molar-refractivity contribution in [3.63, 3.8) is 0 Å². The molecule has 0 bridgehead atoms. The van der Waals surface area contributed by atoms with Gasteiger partial charge in [-0.05, 0) is 24.6 Å². The molecule has 0 saturated carbocycles. The first-order valence-corrected chi connectivity index (χ1v) is 5.22. The van der Waals surface area contributed by atoms with Crippen LogP contribution >= 0.6 is 11.6 Å². The molecule has 0 unspecified atom stereocenters. The van der Waals surface area contributed by atoms with E-state index in [2.05, 4.69) is 5.32 Å². The number of alkyl halides is 1. The largest absolute Gasteiger partial charge is 0.313 e. The van der Waals surface area contributed by atoms with Crippen LogP contribution in [-0.4, -0.2) is 18.1 Å². The Kier molecular flexibility index (Phi) is 5.14. The standard InChI is InChI=1S/C10H12ClFN2O2/c11-10-3-2-9(14(15)16)6-8(10)7-13-5-1-4-12/h2-3,6,13H,1,4-5,7H2. The zero-order valence-electron chi connectivity index (χ0n) is 8.58. The van der Waals surface area contributed by atoms with Gasteiger partial charge in [-0.25, -0.2) is 0 Å². The maximum atomic E-state index is 11.8. The third kappa shape index (κ3) is 3.75. The number of nitrogens with zero attached hydrogens (tertiary/aromatic N) is 1. The Balaban J connectivity index is 2.63. The minimum atomic E-state index is -0.471. The van der Waals surface area contributed by atoms with E-state index in [9.17, 15) is 14.5 Å². The molecule has 88 valence electrons. The van der Waals surface area contributed by atoms with E-state index >= 15 is 0 Å². The lowest BCUT2D eigenvalue weighted by Crippen LogP contribution is -2.15. The molecule has 0 heterocycles. The molecule has 0 aliphatic rings. The average molecular weight is 247 g/mol. The van der Waals surface area contributed by atoms with Crippen molar-refractivity contribution in [1.29, 1.82) is 0 Å². The minimum Gasteiger partial charge on any atom is -0.313 e. The predicted octanol–water partition coefficient (Wildman–Crippen LogP) is 2.70. The Hall–Kier alpha value is -1.20. The van der Waals surface area contributed by atoms with E-state index in [1.54, 1.807) is 0 Å². The number of benzene rings is 1. The summed E-state index contributed by atoms with van der Waals surface area (Å²) in [6, 6.07) is 4.27. The molecule has 4 nitrogen and oxygen atoms in total. The van der Waals surface area contributed by atoms with Gasteiger partial charge in [0.2, 0.25) is 0 Å². The van der Waals surface area contributed by atoms with E-state index in [-0.39, 0.29) is 12.4 Å². The topological polar surface area (TPSA) is 55.2 Å².